The van der Waals surface area contributed by atoms with Gasteiger partial charge in [0.1, 0.15) is 0 Å². The maximum absolute atomic E-state index is 11.4. The third-order valence-corrected chi connectivity index (χ3v) is 4.76. The van der Waals surface area contributed by atoms with Gasteiger partial charge >= 0.3 is 0 Å². The van der Waals surface area contributed by atoms with Crippen LogP contribution in [0, 0.1) is 0 Å². The van der Waals surface area contributed by atoms with Crippen molar-refractivity contribution in [2.75, 3.05) is 12.8 Å². The molecule has 0 spiro atoms. The van der Waals surface area contributed by atoms with Crippen LogP contribution in [0.25, 0.3) is 11.3 Å². The summed E-state index contributed by atoms with van der Waals surface area (Å²) in [6.45, 7) is 0.665. The van der Waals surface area contributed by atoms with Crippen LogP contribution in [0.2, 0.25) is 0 Å². The molecule has 0 aliphatic carbocycles. The molecule has 0 aliphatic rings. The van der Waals surface area contributed by atoms with Crippen molar-refractivity contribution in [2.24, 2.45) is 5.73 Å². The van der Waals surface area contributed by atoms with Crippen LogP contribution in [-0.2, 0) is 16.3 Å². The first-order valence-corrected chi connectivity index (χ1v) is 8.73. The van der Waals surface area contributed by atoms with E-state index in [0.717, 1.165) is 29.1 Å². The monoisotopic (exact) mass is 296 g/mol. The van der Waals surface area contributed by atoms with Crippen molar-refractivity contribution in [2.45, 2.75) is 17.7 Å². The van der Waals surface area contributed by atoms with Gasteiger partial charge in [0, 0.05) is 23.6 Å². The van der Waals surface area contributed by atoms with E-state index in [1.807, 2.05) is 5.38 Å². The number of aromatic nitrogens is 1. The summed E-state index contributed by atoms with van der Waals surface area (Å²) in [6, 6.07) is 6.81. The summed E-state index contributed by atoms with van der Waals surface area (Å²) < 4.78 is 22.8. The molecule has 102 valence electrons. The second kappa shape index (κ2) is 5.81. The molecule has 0 saturated carbocycles. The number of thiazole rings is 1. The van der Waals surface area contributed by atoms with Crippen LogP contribution in [0.3, 0.4) is 0 Å². The van der Waals surface area contributed by atoms with E-state index in [0.29, 0.717) is 11.4 Å². The number of sulfone groups is 1. The predicted molar refractivity (Wildman–Crippen MR) is 78.0 cm³/mol. The van der Waals surface area contributed by atoms with E-state index in [-0.39, 0.29) is 0 Å². The van der Waals surface area contributed by atoms with Crippen molar-refractivity contribution in [1.82, 2.24) is 4.98 Å². The van der Waals surface area contributed by atoms with Crippen molar-refractivity contribution in [3.63, 3.8) is 0 Å². The van der Waals surface area contributed by atoms with Crippen LogP contribution in [0.4, 0.5) is 0 Å². The van der Waals surface area contributed by atoms with E-state index in [4.69, 9.17) is 5.73 Å². The molecule has 0 radical (unpaired) electrons. The molecule has 0 unspecified atom stereocenters. The van der Waals surface area contributed by atoms with Crippen LogP contribution in [0.15, 0.2) is 34.5 Å². The maximum atomic E-state index is 11.4. The lowest BCUT2D eigenvalue weighted by Gasteiger charge is -2.00. The summed E-state index contributed by atoms with van der Waals surface area (Å²) in [5.41, 5.74) is 7.29. The number of aryl methyl sites for hydroxylation is 1. The first-order chi connectivity index (χ1) is 9.00. The van der Waals surface area contributed by atoms with Gasteiger partial charge in [-0.1, -0.05) is 12.1 Å². The molecule has 1 aromatic carbocycles. The molecule has 19 heavy (non-hydrogen) atoms. The Balaban J connectivity index is 2.20. The molecule has 2 rings (SSSR count). The number of rotatable bonds is 5. The summed E-state index contributed by atoms with van der Waals surface area (Å²) in [6.07, 6.45) is 3.03. The Morgan fingerprint density at radius 1 is 1.26 bits per heavy atom. The number of hydrogen-bond donors (Lipinski definition) is 1. The smallest absolute Gasteiger partial charge is 0.175 e. The highest BCUT2D eigenvalue weighted by Crippen LogP contribution is 2.23. The number of benzene rings is 1. The first-order valence-electron chi connectivity index (χ1n) is 5.95. The summed E-state index contributed by atoms with van der Waals surface area (Å²) in [5, 5.41) is 3.05. The maximum Gasteiger partial charge on any atom is 0.175 e. The standard InChI is InChI=1S/C13H16N2O2S2/c1-19(16,17)11-6-4-10(5-7-11)12-9-18-13(15-12)3-2-8-14/h4-7,9H,2-3,8,14H2,1H3. The minimum absolute atomic E-state index is 0.329. The lowest BCUT2D eigenvalue weighted by molar-refractivity contribution is 0.602. The normalized spacial score (nSPS) is 11.7. The molecule has 2 aromatic rings. The highest BCUT2D eigenvalue weighted by molar-refractivity contribution is 7.90. The van der Waals surface area contributed by atoms with Crippen molar-refractivity contribution < 1.29 is 8.42 Å². The summed E-state index contributed by atoms with van der Waals surface area (Å²) in [4.78, 5) is 4.85. The van der Waals surface area contributed by atoms with Crippen molar-refractivity contribution in [3.05, 3.63) is 34.7 Å². The highest BCUT2D eigenvalue weighted by Gasteiger charge is 2.08. The van der Waals surface area contributed by atoms with E-state index in [9.17, 15) is 8.42 Å². The summed E-state index contributed by atoms with van der Waals surface area (Å²) >= 11 is 1.61. The van der Waals surface area contributed by atoms with Crippen molar-refractivity contribution in [1.29, 1.82) is 0 Å². The fourth-order valence-corrected chi connectivity index (χ4v) is 3.16. The average molecular weight is 296 g/mol. The molecular formula is C13H16N2O2S2. The summed E-state index contributed by atoms with van der Waals surface area (Å²) in [5.74, 6) is 0. The third kappa shape index (κ3) is 3.62. The first kappa shape index (κ1) is 14.2. The molecule has 0 fully saturated rings. The molecule has 2 N–H and O–H groups in total. The third-order valence-electron chi connectivity index (χ3n) is 2.72. The Kier molecular flexibility index (Phi) is 4.34. The van der Waals surface area contributed by atoms with Gasteiger partial charge in [0.25, 0.3) is 0 Å². The zero-order chi connectivity index (χ0) is 13.9. The fraction of sp³-hybridized carbons (Fsp3) is 0.308. The van der Waals surface area contributed by atoms with Gasteiger partial charge in [-0.3, -0.25) is 0 Å². The lowest BCUT2D eigenvalue weighted by Crippen LogP contribution is -2.00. The van der Waals surface area contributed by atoms with E-state index in [1.165, 1.54) is 6.26 Å². The number of nitrogens with zero attached hydrogens (tertiary/aromatic N) is 1. The van der Waals surface area contributed by atoms with E-state index in [1.54, 1.807) is 35.6 Å². The molecule has 0 amide bonds. The SMILES string of the molecule is CS(=O)(=O)c1ccc(-c2csc(CCCN)n2)cc1. The Morgan fingerprint density at radius 3 is 2.53 bits per heavy atom. The zero-order valence-corrected chi connectivity index (χ0v) is 12.3. The van der Waals surface area contributed by atoms with Gasteiger partial charge in [0.2, 0.25) is 0 Å². The minimum atomic E-state index is -3.14. The highest BCUT2D eigenvalue weighted by atomic mass is 32.2. The number of nitrogens with two attached hydrogens (primary N) is 1. The number of hydrogen-bond acceptors (Lipinski definition) is 5. The minimum Gasteiger partial charge on any atom is -0.330 e. The van der Waals surface area contributed by atoms with Crippen LogP contribution < -0.4 is 5.73 Å². The van der Waals surface area contributed by atoms with Gasteiger partial charge in [-0.15, -0.1) is 11.3 Å². The van der Waals surface area contributed by atoms with Gasteiger partial charge < -0.3 is 5.73 Å². The van der Waals surface area contributed by atoms with Gasteiger partial charge in [-0.05, 0) is 25.1 Å². The molecule has 0 aliphatic heterocycles. The topological polar surface area (TPSA) is 73.0 Å². The Bertz CT molecular complexity index is 646. The van der Waals surface area contributed by atoms with E-state index in [2.05, 4.69) is 4.98 Å². The van der Waals surface area contributed by atoms with Crippen LogP contribution in [-0.4, -0.2) is 26.2 Å². The average Bonchev–Trinajstić information content (AvgIpc) is 2.84. The Morgan fingerprint density at radius 2 is 1.95 bits per heavy atom. The van der Waals surface area contributed by atoms with E-state index < -0.39 is 9.84 Å². The van der Waals surface area contributed by atoms with Crippen molar-refractivity contribution >= 4 is 21.2 Å². The second-order valence-corrected chi connectivity index (χ2v) is 7.27. The van der Waals surface area contributed by atoms with Crippen LogP contribution in [0.5, 0.6) is 0 Å². The van der Waals surface area contributed by atoms with E-state index >= 15 is 0 Å². The molecule has 4 nitrogen and oxygen atoms in total. The van der Waals surface area contributed by atoms with Gasteiger partial charge in [0.05, 0.1) is 15.6 Å². The van der Waals surface area contributed by atoms with Gasteiger partial charge in [0.15, 0.2) is 9.84 Å². The van der Waals surface area contributed by atoms with Gasteiger partial charge in [-0.25, -0.2) is 13.4 Å². The molecule has 0 bridgehead atoms. The predicted octanol–water partition coefficient (Wildman–Crippen LogP) is 2.10. The quantitative estimate of drug-likeness (QED) is 0.917. The largest absolute Gasteiger partial charge is 0.330 e. The van der Waals surface area contributed by atoms with Crippen LogP contribution in [0.1, 0.15) is 11.4 Å². The van der Waals surface area contributed by atoms with Gasteiger partial charge in [-0.2, -0.15) is 0 Å². The molecule has 0 saturated heterocycles. The molecule has 0 atom stereocenters. The van der Waals surface area contributed by atoms with Crippen LogP contribution >= 0.6 is 11.3 Å². The molecule has 1 aromatic heterocycles. The molecule has 1 heterocycles. The fourth-order valence-electron chi connectivity index (χ4n) is 1.68. The zero-order valence-electron chi connectivity index (χ0n) is 10.7. The molecular weight excluding hydrogens is 280 g/mol. The Labute approximate surface area is 117 Å². The summed E-state index contributed by atoms with van der Waals surface area (Å²) in [7, 11) is -3.14. The second-order valence-electron chi connectivity index (χ2n) is 4.32. The lowest BCUT2D eigenvalue weighted by atomic mass is 10.2. The molecule has 6 heteroatoms. The Hall–Kier alpha value is -1.24. The van der Waals surface area contributed by atoms with Crippen molar-refractivity contribution in [3.8, 4) is 11.3 Å².